The van der Waals surface area contributed by atoms with Crippen LogP contribution in [0.2, 0.25) is 0 Å². The molecule has 2 aromatic heterocycles. The number of amides is 1. The number of piperidine rings is 1. The molecule has 0 radical (unpaired) electrons. The predicted octanol–water partition coefficient (Wildman–Crippen LogP) is 2.94. The van der Waals surface area contributed by atoms with Gasteiger partial charge in [-0.1, -0.05) is 0 Å². The number of carbonyl (C=O) groups is 1. The van der Waals surface area contributed by atoms with E-state index in [1.807, 2.05) is 28.7 Å². The first-order chi connectivity index (χ1) is 14.3. The van der Waals surface area contributed by atoms with Gasteiger partial charge < -0.3 is 10.2 Å². The highest BCUT2D eigenvalue weighted by Crippen LogP contribution is 2.25. The monoisotopic (exact) mass is 444 g/mol. The van der Waals surface area contributed by atoms with Crippen LogP contribution in [0, 0.1) is 12.8 Å². The lowest BCUT2D eigenvalue weighted by Gasteiger charge is -2.32. The van der Waals surface area contributed by atoms with Gasteiger partial charge in [0.2, 0.25) is 11.9 Å². The Bertz CT molecular complexity index is 1180. The van der Waals surface area contributed by atoms with E-state index < -0.39 is 9.84 Å². The molecule has 30 heavy (non-hydrogen) atoms. The summed E-state index contributed by atoms with van der Waals surface area (Å²) >= 11 is 1.62. The summed E-state index contributed by atoms with van der Waals surface area (Å²) in [7, 11) is -3.32. The zero-order valence-corrected chi connectivity index (χ0v) is 18.6. The minimum atomic E-state index is -3.32. The summed E-state index contributed by atoms with van der Waals surface area (Å²) in [6, 6.07) is 6.94. The zero-order valence-electron chi connectivity index (χ0n) is 17.0. The van der Waals surface area contributed by atoms with E-state index in [1.54, 1.807) is 29.5 Å². The molecule has 0 bridgehead atoms. The van der Waals surface area contributed by atoms with Gasteiger partial charge in [-0.05, 0) is 60.4 Å². The number of carbonyl (C=O) groups excluding carboxylic acids is 1. The highest BCUT2D eigenvalue weighted by molar-refractivity contribution is 7.90. The molecule has 3 aromatic rings. The van der Waals surface area contributed by atoms with E-state index in [0.29, 0.717) is 24.6 Å². The second-order valence-electron chi connectivity index (χ2n) is 7.69. The first-order valence-corrected chi connectivity index (χ1v) is 12.7. The third-order valence-electron chi connectivity index (χ3n) is 5.40. The number of nitrogens with zero attached hydrogens (tertiary/aromatic N) is 3. The van der Waals surface area contributed by atoms with Gasteiger partial charge in [0.25, 0.3) is 0 Å². The summed E-state index contributed by atoms with van der Waals surface area (Å²) in [4.78, 5) is 24.2. The van der Waals surface area contributed by atoms with Crippen LogP contribution < -0.4 is 10.2 Å². The molecule has 1 amide bonds. The van der Waals surface area contributed by atoms with Gasteiger partial charge in [-0.2, -0.15) is 11.3 Å². The van der Waals surface area contributed by atoms with Gasteiger partial charge in [0.05, 0.1) is 22.0 Å². The second kappa shape index (κ2) is 8.31. The average Bonchev–Trinajstić information content (AvgIpc) is 3.24. The normalized spacial score (nSPS) is 17.3. The van der Waals surface area contributed by atoms with Crippen molar-refractivity contribution < 1.29 is 13.2 Å². The van der Waals surface area contributed by atoms with Crippen molar-refractivity contribution in [2.24, 2.45) is 5.92 Å². The lowest BCUT2D eigenvalue weighted by molar-refractivity contribution is -0.125. The number of hydrogen-bond acceptors (Lipinski definition) is 7. The van der Waals surface area contributed by atoms with Crippen LogP contribution in [-0.4, -0.2) is 43.6 Å². The third-order valence-corrected chi connectivity index (χ3v) is 7.24. The molecule has 3 heterocycles. The van der Waals surface area contributed by atoms with Crippen LogP contribution in [0.15, 0.2) is 39.9 Å². The van der Waals surface area contributed by atoms with E-state index in [4.69, 9.17) is 0 Å². The molecule has 158 valence electrons. The molecule has 1 atom stereocenters. The number of aromatic nitrogens is 2. The minimum Gasteiger partial charge on any atom is -0.352 e. The van der Waals surface area contributed by atoms with Crippen LogP contribution >= 0.6 is 11.3 Å². The second-order valence-corrected chi connectivity index (χ2v) is 10.5. The van der Waals surface area contributed by atoms with Gasteiger partial charge >= 0.3 is 0 Å². The van der Waals surface area contributed by atoms with E-state index in [9.17, 15) is 13.2 Å². The Labute approximate surface area is 180 Å². The van der Waals surface area contributed by atoms with E-state index in [0.717, 1.165) is 36.0 Å². The summed E-state index contributed by atoms with van der Waals surface area (Å²) in [5.74, 6) is 0.461. The van der Waals surface area contributed by atoms with Crippen molar-refractivity contribution in [3.05, 3.63) is 46.3 Å². The fourth-order valence-corrected chi connectivity index (χ4v) is 5.03. The molecule has 1 fully saturated rings. The van der Waals surface area contributed by atoms with Crippen LogP contribution in [0.1, 0.15) is 24.1 Å². The van der Waals surface area contributed by atoms with E-state index >= 15 is 0 Å². The molecular weight excluding hydrogens is 420 g/mol. The molecule has 0 spiro atoms. The number of thiophene rings is 1. The lowest BCUT2D eigenvalue weighted by Crippen LogP contribution is -2.43. The molecule has 1 aromatic carbocycles. The van der Waals surface area contributed by atoms with E-state index in [1.165, 1.54) is 6.26 Å². The van der Waals surface area contributed by atoms with Gasteiger partial charge in [-0.3, -0.25) is 4.79 Å². The summed E-state index contributed by atoms with van der Waals surface area (Å²) in [5.41, 5.74) is 2.50. The third kappa shape index (κ3) is 4.46. The topological polar surface area (TPSA) is 92.3 Å². The van der Waals surface area contributed by atoms with Gasteiger partial charge in [-0.25, -0.2) is 18.4 Å². The summed E-state index contributed by atoms with van der Waals surface area (Å²) < 4.78 is 23.8. The van der Waals surface area contributed by atoms with Crippen LogP contribution in [0.25, 0.3) is 10.9 Å². The highest BCUT2D eigenvalue weighted by atomic mass is 32.2. The smallest absolute Gasteiger partial charge is 0.226 e. The number of benzene rings is 1. The number of aryl methyl sites for hydroxylation is 1. The van der Waals surface area contributed by atoms with E-state index in [-0.39, 0.29) is 16.7 Å². The van der Waals surface area contributed by atoms with Crippen molar-refractivity contribution in [2.45, 2.75) is 31.2 Å². The molecule has 0 saturated carbocycles. The Hall–Kier alpha value is -2.52. The molecule has 9 heteroatoms. The van der Waals surface area contributed by atoms with Crippen molar-refractivity contribution in [2.75, 3.05) is 24.2 Å². The zero-order chi connectivity index (χ0) is 21.3. The average molecular weight is 445 g/mol. The summed E-state index contributed by atoms with van der Waals surface area (Å²) in [6.45, 7) is 3.75. The van der Waals surface area contributed by atoms with Gasteiger partial charge in [-0.15, -0.1) is 0 Å². The number of rotatable bonds is 5. The SMILES string of the molecule is Cc1nc(N2CCCC(C(=O)NCc3ccsc3)C2)nc2cc(S(C)(=O)=O)ccc12. The molecular formula is C21H24N4O3S2. The maximum Gasteiger partial charge on any atom is 0.226 e. The lowest BCUT2D eigenvalue weighted by atomic mass is 9.97. The number of anilines is 1. The van der Waals surface area contributed by atoms with Gasteiger partial charge in [0, 0.05) is 31.3 Å². The number of sulfone groups is 1. The van der Waals surface area contributed by atoms with Crippen molar-refractivity contribution >= 4 is 43.9 Å². The standard InChI is InChI=1S/C21H24N4O3S2/c1-14-18-6-5-17(30(2,27)28)10-19(18)24-21(23-14)25-8-3-4-16(12-25)20(26)22-11-15-7-9-29-13-15/h5-7,9-10,13,16H,3-4,8,11-12H2,1-2H3,(H,22,26). The Balaban J connectivity index is 1.54. The number of fused-ring (bicyclic) bond motifs is 1. The molecule has 4 rings (SSSR count). The summed E-state index contributed by atoms with van der Waals surface area (Å²) in [5, 5.41) is 7.88. The molecule has 1 saturated heterocycles. The van der Waals surface area contributed by atoms with Crippen molar-refractivity contribution in [1.82, 2.24) is 15.3 Å². The Kier molecular flexibility index (Phi) is 5.75. The molecule has 7 nitrogen and oxygen atoms in total. The minimum absolute atomic E-state index is 0.0442. The molecule has 1 unspecified atom stereocenters. The molecule has 1 aliphatic rings. The first-order valence-electron chi connectivity index (χ1n) is 9.83. The molecule has 0 aliphatic carbocycles. The van der Waals surface area contributed by atoms with Crippen LogP contribution in [0.4, 0.5) is 5.95 Å². The van der Waals surface area contributed by atoms with Crippen LogP contribution in [0.3, 0.4) is 0 Å². The summed E-state index contributed by atoms with van der Waals surface area (Å²) in [6.07, 6.45) is 2.89. The quantitative estimate of drug-likeness (QED) is 0.651. The Morgan fingerprint density at radius 2 is 2.13 bits per heavy atom. The van der Waals surface area contributed by atoms with Crippen molar-refractivity contribution in [3.8, 4) is 0 Å². The fraction of sp³-hybridized carbons (Fsp3) is 0.381. The fourth-order valence-electron chi connectivity index (χ4n) is 3.72. The van der Waals surface area contributed by atoms with Gasteiger partial charge in [0.15, 0.2) is 9.84 Å². The van der Waals surface area contributed by atoms with Crippen LogP contribution in [-0.2, 0) is 21.2 Å². The molecule has 1 aliphatic heterocycles. The first kappa shape index (κ1) is 20.7. The Morgan fingerprint density at radius 1 is 1.30 bits per heavy atom. The van der Waals surface area contributed by atoms with Gasteiger partial charge in [0.1, 0.15) is 0 Å². The van der Waals surface area contributed by atoms with Crippen molar-refractivity contribution in [1.29, 1.82) is 0 Å². The largest absolute Gasteiger partial charge is 0.352 e. The maximum absolute atomic E-state index is 12.7. The number of hydrogen-bond donors (Lipinski definition) is 1. The Morgan fingerprint density at radius 3 is 2.87 bits per heavy atom. The predicted molar refractivity (Wildman–Crippen MR) is 118 cm³/mol. The number of nitrogens with one attached hydrogen (secondary N) is 1. The van der Waals surface area contributed by atoms with E-state index in [2.05, 4.69) is 15.3 Å². The highest BCUT2D eigenvalue weighted by Gasteiger charge is 2.27. The van der Waals surface area contributed by atoms with Crippen molar-refractivity contribution in [3.63, 3.8) is 0 Å². The van der Waals surface area contributed by atoms with Crippen LogP contribution in [0.5, 0.6) is 0 Å². The molecule has 1 N–H and O–H groups in total. The maximum atomic E-state index is 12.7.